The first-order valence-electron chi connectivity index (χ1n) is 13.0. The van der Waals surface area contributed by atoms with Crippen LogP contribution in [0.4, 0.5) is 0 Å². The Kier molecular flexibility index (Phi) is 7.54. The minimum Gasteiger partial charge on any atom is -0.297 e. The Bertz CT molecular complexity index is 1230. The van der Waals surface area contributed by atoms with Gasteiger partial charge in [0.05, 0.1) is 11.7 Å². The lowest BCUT2D eigenvalue weighted by Gasteiger charge is -2.41. The first kappa shape index (κ1) is 24.3. The number of piperazine rings is 1. The molecule has 1 unspecified atom stereocenters. The second-order valence-corrected chi connectivity index (χ2v) is 9.99. The van der Waals surface area contributed by atoms with Crippen molar-refractivity contribution >= 4 is 6.08 Å². The molecule has 0 saturated carbocycles. The maximum Gasteiger partial charge on any atom is 0.174 e. The lowest BCUT2D eigenvalue weighted by Crippen LogP contribution is -2.49. The number of para-hydroxylation sites is 1. The van der Waals surface area contributed by atoms with Crippen molar-refractivity contribution in [2.75, 3.05) is 32.7 Å². The molecule has 0 radical (unpaired) electrons. The van der Waals surface area contributed by atoms with Gasteiger partial charge in [0.25, 0.3) is 0 Å². The van der Waals surface area contributed by atoms with Crippen LogP contribution >= 0.6 is 0 Å². The molecular weight excluding hydrogens is 444 g/mol. The summed E-state index contributed by atoms with van der Waals surface area (Å²) >= 11 is 0. The molecule has 6 nitrogen and oxygen atoms in total. The minimum absolute atomic E-state index is 0.126. The molecule has 2 heterocycles. The summed E-state index contributed by atoms with van der Waals surface area (Å²) in [5.74, 6) is 1.28. The Morgan fingerprint density at radius 3 is 2.39 bits per heavy atom. The standard InChI is InChI=1S/C30H36N6/c1-23-14-16-27(17-15-23)29(30-31-32-33-36(30)28-24(2)9-7-10-25(28)3)35-21-19-34(20-22-35)18-8-13-26-11-5-4-6-12-26/h4-16,27,29H,17-22H2,1-3H3/b13-8+/t27?,29-/m0/s1. The Hall–Kier alpha value is -3.35. The predicted octanol–water partition coefficient (Wildman–Crippen LogP) is 5.17. The van der Waals surface area contributed by atoms with E-state index in [0.717, 1.165) is 50.7 Å². The highest BCUT2D eigenvalue weighted by Gasteiger charge is 2.35. The predicted molar refractivity (Wildman–Crippen MR) is 146 cm³/mol. The maximum atomic E-state index is 4.63. The molecule has 5 rings (SSSR count). The molecule has 186 valence electrons. The van der Waals surface area contributed by atoms with Crippen LogP contribution in [0.2, 0.25) is 0 Å². The molecule has 0 N–H and O–H groups in total. The van der Waals surface area contributed by atoms with Crippen LogP contribution in [-0.4, -0.2) is 62.7 Å². The quantitative estimate of drug-likeness (QED) is 0.467. The number of rotatable bonds is 7. The topological polar surface area (TPSA) is 50.1 Å². The Labute approximate surface area is 214 Å². The summed E-state index contributed by atoms with van der Waals surface area (Å²) in [6.45, 7) is 11.5. The van der Waals surface area contributed by atoms with Crippen molar-refractivity contribution in [3.63, 3.8) is 0 Å². The van der Waals surface area contributed by atoms with Gasteiger partial charge in [-0.1, -0.05) is 84.5 Å². The summed E-state index contributed by atoms with van der Waals surface area (Å²) in [5, 5.41) is 13.3. The van der Waals surface area contributed by atoms with Crippen molar-refractivity contribution < 1.29 is 0 Å². The third-order valence-electron chi connectivity index (χ3n) is 7.41. The van der Waals surface area contributed by atoms with E-state index in [4.69, 9.17) is 0 Å². The molecule has 1 aliphatic carbocycles. The third kappa shape index (κ3) is 5.40. The number of hydrogen-bond donors (Lipinski definition) is 0. The lowest BCUT2D eigenvalue weighted by molar-refractivity contribution is 0.0785. The number of allylic oxidation sites excluding steroid dienone is 3. The van der Waals surface area contributed by atoms with Crippen LogP contribution in [0.15, 0.2) is 78.4 Å². The molecule has 2 aliphatic rings. The fourth-order valence-electron chi connectivity index (χ4n) is 5.41. The number of aromatic nitrogens is 4. The van der Waals surface area contributed by atoms with Gasteiger partial charge in [-0.3, -0.25) is 9.80 Å². The van der Waals surface area contributed by atoms with Crippen LogP contribution in [0, 0.1) is 19.8 Å². The van der Waals surface area contributed by atoms with Crippen molar-refractivity contribution in [1.82, 2.24) is 30.0 Å². The van der Waals surface area contributed by atoms with E-state index in [1.54, 1.807) is 0 Å². The fourth-order valence-corrected chi connectivity index (χ4v) is 5.41. The Balaban J connectivity index is 1.36. The van der Waals surface area contributed by atoms with E-state index in [9.17, 15) is 0 Å². The molecule has 1 aliphatic heterocycles. The van der Waals surface area contributed by atoms with Gasteiger partial charge in [0.2, 0.25) is 0 Å². The summed E-state index contributed by atoms with van der Waals surface area (Å²) in [7, 11) is 0. The van der Waals surface area contributed by atoms with Gasteiger partial charge < -0.3 is 0 Å². The highest BCUT2D eigenvalue weighted by Crippen LogP contribution is 2.35. The number of aryl methyl sites for hydroxylation is 2. The molecule has 1 fully saturated rings. The highest BCUT2D eigenvalue weighted by molar-refractivity contribution is 5.49. The van der Waals surface area contributed by atoms with Gasteiger partial charge in [-0.25, -0.2) is 0 Å². The smallest absolute Gasteiger partial charge is 0.174 e. The molecule has 6 heteroatoms. The molecule has 0 amide bonds. The van der Waals surface area contributed by atoms with Crippen molar-refractivity contribution in [3.05, 3.63) is 101 Å². The van der Waals surface area contributed by atoms with Crippen molar-refractivity contribution in [2.24, 2.45) is 5.92 Å². The zero-order chi connectivity index (χ0) is 24.9. The number of hydrogen-bond acceptors (Lipinski definition) is 5. The summed E-state index contributed by atoms with van der Waals surface area (Å²) in [6, 6.07) is 17.0. The summed E-state index contributed by atoms with van der Waals surface area (Å²) in [6.07, 6.45) is 12.5. The number of benzene rings is 2. The molecule has 0 bridgehead atoms. The zero-order valence-electron chi connectivity index (χ0n) is 21.6. The monoisotopic (exact) mass is 480 g/mol. The maximum absolute atomic E-state index is 4.63. The van der Waals surface area contributed by atoms with E-state index in [1.165, 1.54) is 22.3 Å². The van der Waals surface area contributed by atoms with E-state index in [2.05, 4.69) is 125 Å². The van der Waals surface area contributed by atoms with Gasteiger partial charge in [-0.05, 0) is 54.3 Å². The van der Waals surface area contributed by atoms with Gasteiger partial charge in [0, 0.05) is 38.6 Å². The summed E-state index contributed by atoms with van der Waals surface area (Å²) < 4.78 is 1.99. The molecule has 2 aromatic carbocycles. The van der Waals surface area contributed by atoms with Gasteiger partial charge >= 0.3 is 0 Å². The van der Waals surface area contributed by atoms with Crippen LogP contribution in [0.25, 0.3) is 11.8 Å². The van der Waals surface area contributed by atoms with Crippen LogP contribution in [0.3, 0.4) is 0 Å². The number of tetrazole rings is 1. The molecule has 0 spiro atoms. The van der Waals surface area contributed by atoms with Gasteiger partial charge in [-0.15, -0.1) is 5.10 Å². The van der Waals surface area contributed by atoms with E-state index >= 15 is 0 Å². The lowest BCUT2D eigenvalue weighted by atomic mass is 9.88. The highest BCUT2D eigenvalue weighted by atomic mass is 15.6. The largest absolute Gasteiger partial charge is 0.297 e. The van der Waals surface area contributed by atoms with E-state index in [0.29, 0.717) is 5.92 Å². The van der Waals surface area contributed by atoms with E-state index in [-0.39, 0.29) is 6.04 Å². The average Bonchev–Trinajstić information content (AvgIpc) is 3.36. The molecule has 1 aromatic heterocycles. The Morgan fingerprint density at radius 2 is 1.69 bits per heavy atom. The molecule has 3 aromatic rings. The first-order chi connectivity index (χ1) is 17.6. The molecule has 1 saturated heterocycles. The zero-order valence-corrected chi connectivity index (χ0v) is 21.6. The van der Waals surface area contributed by atoms with Gasteiger partial charge in [-0.2, -0.15) is 4.68 Å². The molecule has 2 atom stereocenters. The summed E-state index contributed by atoms with van der Waals surface area (Å²) in [5.41, 5.74) is 6.05. The fraction of sp³-hybridized carbons (Fsp3) is 0.367. The van der Waals surface area contributed by atoms with Crippen LogP contribution < -0.4 is 0 Å². The normalized spacial score (nSPS) is 20.1. The third-order valence-corrected chi connectivity index (χ3v) is 7.41. The average molecular weight is 481 g/mol. The van der Waals surface area contributed by atoms with Crippen molar-refractivity contribution in [1.29, 1.82) is 0 Å². The Morgan fingerprint density at radius 1 is 0.944 bits per heavy atom. The van der Waals surface area contributed by atoms with Crippen molar-refractivity contribution in [3.8, 4) is 5.69 Å². The second-order valence-electron chi connectivity index (χ2n) is 9.99. The van der Waals surface area contributed by atoms with E-state index in [1.807, 2.05) is 4.68 Å². The molecular formula is C30H36N6. The van der Waals surface area contributed by atoms with Gasteiger partial charge in [0.15, 0.2) is 5.82 Å². The van der Waals surface area contributed by atoms with Crippen molar-refractivity contribution in [2.45, 2.75) is 33.2 Å². The first-order valence-corrected chi connectivity index (χ1v) is 13.0. The molecule has 36 heavy (non-hydrogen) atoms. The van der Waals surface area contributed by atoms with Gasteiger partial charge in [0.1, 0.15) is 0 Å². The van der Waals surface area contributed by atoms with E-state index < -0.39 is 0 Å². The van der Waals surface area contributed by atoms with Crippen LogP contribution in [-0.2, 0) is 0 Å². The second kappa shape index (κ2) is 11.1. The van der Waals surface area contributed by atoms with Crippen LogP contribution in [0.1, 0.15) is 41.9 Å². The SMILES string of the molecule is CC1=CCC([C@@H](c2nnnn2-c2c(C)cccc2C)N2CCN(C/C=C/c3ccccc3)CC2)C=C1. The van der Waals surface area contributed by atoms with Crippen LogP contribution in [0.5, 0.6) is 0 Å². The minimum atomic E-state index is 0.126. The number of nitrogens with zero attached hydrogens (tertiary/aromatic N) is 6. The summed E-state index contributed by atoms with van der Waals surface area (Å²) in [4.78, 5) is 5.12.